The number of rotatable bonds is 11. The van der Waals surface area contributed by atoms with Gasteiger partial charge in [-0.15, -0.1) is 0 Å². The fourth-order valence-corrected chi connectivity index (χ4v) is 3.16. The van der Waals surface area contributed by atoms with Gasteiger partial charge in [-0.05, 0) is 12.5 Å². The molecule has 0 bridgehead atoms. The van der Waals surface area contributed by atoms with Gasteiger partial charge in [-0.25, -0.2) is 4.79 Å². The highest BCUT2D eigenvalue weighted by Crippen LogP contribution is 2.32. The molecule has 1 aromatic rings. The number of carbonyl (C=O) groups is 1. The van der Waals surface area contributed by atoms with Gasteiger partial charge in [0.15, 0.2) is 6.23 Å². The van der Waals surface area contributed by atoms with E-state index in [-0.39, 0.29) is 18.4 Å². The van der Waals surface area contributed by atoms with Crippen molar-refractivity contribution >= 4 is 11.8 Å². The molecular weight excluding hydrogens is 362 g/mol. The predicted octanol–water partition coefficient (Wildman–Crippen LogP) is 2.32. The molecular formula is C20H31N3O5. The second-order valence-electron chi connectivity index (χ2n) is 7.14. The predicted molar refractivity (Wildman–Crippen MR) is 106 cm³/mol. The summed E-state index contributed by atoms with van der Waals surface area (Å²) in [7, 11) is 0. The first-order valence-corrected chi connectivity index (χ1v) is 9.96. The van der Waals surface area contributed by atoms with Crippen LogP contribution in [0.1, 0.15) is 64.5 Å². The molecule has 0 saturated carbocycles. The van der Waals surface area contributed by atoms with Crippen molar-refractivity contribution in [1.29, 1.82) is 0 Å². The molecule has 28 heavy (non-hydrogen) atoms. The summed E-state index contributed by atoms with van der Waals surface area (Å²) in [5, 5.41) is 10.3. The van der Waals surface area contributed by atoms with Crippen molar-refractivity contribution in [2.24, 2.45) is 0 Å². The number of hydrogen-bond donors (Lipinski definition) is 2. The Labute approximate surface area is 165 Å². The maximum atomic E-state index is 12.0. The third-order valence-electron chi connectivity index (χ3n) is 4.85. The van der Waals surface area contributed by atoms with Crippen LogP contribution in [0.25, 0.3) is 0 Å². The van der Waals surface area contributed by atoms with Crippen molar-refractivity contribution in [3.63, 3.8) is 0 Å². The maximum absolute atomic E-state index is 12.0. The van der Waals surface area contributed by atoms with E-state index in [0.717, 1.165) is 19.3 Å². The van der Waals surface area contributed by atoms with Gasteiger partial charge in [-0.1, -0.05) is 52.0 Å². The molecule has 1 unspecified atom stereocenters. The topological polar surface area (TPSA) is 117 Å². The summed E-state index contributed by atoms with van der Waals surface area (Å²) in [6.45, 7) is 5.88. The van der Waals surface area contributed by atoms with E-state index < -0.39 is 24.1 Å². The molecule has 0 amide bonds. The molecule has 0 aliphatic carbocycles. The standard InChI is InChI=1S/C20H31N3O5/c1-3-4-5-6-7-8-9-10-17(24)27-13-15-18(25)14(2)19(28-15)23-12-11-16(21)22-20(23)26/h11-12,15,18-19,25H,2-10,13H2,1H3,(H2,21,22,26)/t15-,18?,19-/m1/s1. The largest absolute Gasteiger partial charge is 0.463 e. The van der Waals surface area contributed by atoms with E-state index in [2.05, 4.69) is 18.5 Å². The number of nitrogen functional groups attached to an aromatic ring is 1. The number of aliphatic hydroxyl groups excluding tert-OH is 1. The van der Waals surface area contributed by atoms with Gasteiger partial charge in [0.25, 0.3) is 0 Å². The summed E-state index contributed by atoms with van der Waals surface area (Å²) in [6, 6.07) is 1.46. The lowest BCUT2D eigenvalue weighted by molar-refractivity contribution is -0.150. The average molecular weight is 393 g/mol. The van der Waals surface area contributed by atoms with E-state index in [1.807, 2.05) is 0 Å². The van der Waals surface area contributed by atoms with E-state index in [9.17, 15) is 14.7 Å². The number of esters is 1. The highest BCUT2D eigenvalue weighted by Gasteiger charge is 2.39. The zero-order chi connectivity index (χ0) is 20.5. The van der Waals surface area contributed by atoms with Crippen LogP contribution in [0.4, 0.5) is 5.82 Å². The lowest BCUT2D eigenvalue weighted by Gasteiger charge is -2.15. The third kappa shape index (κ3) is 6.17. The first kappa shape index (κ1) is 22.1. The summed E-state index contributed by atoms with van der Waals surface area (Å²) in [5.74, 6) is -0.217. The Morgan fingerprint density at radius 1 is 1.32 bits per heavy atom. The van der Waals surface area contributed by atoms with Gasteiger partial charge in [0.05, 0.1) is 0 Å². The minimum atomic E-state index is -1.04. The van der Waals surface area contributed by atoms with Gasteiger partial charge >= 0.3 is 11.7 Å². The number of nitrogens with zero attached hydrogens (tertiary/aromatic N) is 2. The molecule has 3 atom stereocenters. The summed E-state index contributed by atoms with van der Waals surface area (Å²) in [6.07, 6.45) is 6.95. The Morgan fingerprint density at radius 2 is 2.00 bits per heavy atom. The number of nitrogens with two attached hydrogens (primary N) is 1. The molecule has 8 heteroatoms. The normalized spacial score (nSPS) is 21.8. The molecule has 0 spiro atoms. The molecule has 8 nitrogen and oxygen atoms in total. The minimum Gasteiger partial charge on any atom is -0.463 e. The SMILES string of the molecule is C=C1C(O)[C@@H](COC(=O)CCCCCCCCC)O[C@H]1n1ccc(N)nc1=O. The summed E-state index contributed by atoms with van der Waals surface area (Å²) >= 11 is 0. The van der Waals surface area contributed by atoms with E-state index in [4.69, 9.17) is 15.2 Å². The highest BCUT2D eigenvalue weighted by atomic mass is 16.6. The lowest BCUT2D eigenvalue weighted by Crippen LogP contribution is -2.29. The highest BCUT2D eigenvalue weighted by molar-refractivity contribution is 5.69. The Balaban J connectivity index is 1.75. The number of aromatic nitrogens is 2. The first-order chi connectivity index (χ1) is 13.4. The van der Waals surface area contributed by atoms with Crippen LogP contribution < -0.4 is 11.4 Å². The monoisotopic (exact) mass is 393 g/mol. The second-order valence-corrected chi connectivity index (χ2v) is 7.14. The number of carbonyl (C=O) groups excluding carboxylic acids is 1. The molecule has 0 radical (unpaired) electrons. The number of hydrogen-bond acceptors (Lipinski definition) is 7. The van der Waals surface area contributed by atoms with E-state index in [1.165, 1.54) is 42.5 Å². The van der Waals surface area contributed by atoms with Gasteiger partial charge in [-0.3, -0.25) is 9.36 Å². The van der Waals surface area contributed by atoms with Crippen molar-refractivity contribution in [2.75, 3.05) is 12.3 Å². The molecule has 3 N–H and O–H groups in total. The fraction of sp³-hybridized carbons (Fsp3) is 0.650. The third-order valence-corrected chi connectivity index (χ3v) is 4.85. The smallest absolute Gasteiger partial charge is 0.351 e. The fourth-order valence-electron chi connectivity index (χ4n) is 3.16. The lowest BCUT2D eigenvalue weighted by atomic mass is 10.1. The Kier molecular flexibility index (Phi) is 8.66. The van der Waals surface area contributed by atoms with E-state index >= 15 is 0 Å². The van der Waals surface area contributed by atoms with Crippen LogP contribution >= 0.6 is 0 Å². The maximum Gasteiger partial charge on any atom is 0.351 e. The Bertz CT molecular complexity index is 718. The molecule has 1 saturated heterocycles. The molecule has 2 heterocycles. The van der Waals surface area contributed by atoms with E-state index in [1.54, 1.807) is 0 Å². The Morgan fingerprint density at radius 3 is 2.68 bits per heavy atom. The summed E-state index contributed by atoms with van der Waals surface area (Å²) in [4.78, 5) is 27.5. The van der Waals surface area contributed by atoms with E-state index in [0.29, 0.717) is 12.0 Å². The van der Waals surface area contributed by atoms with Crippen molar-refractivity contribution in [1.82, 2.24) is 9.55 Å². The van der Waals surface area contributed by atoms with Crippen LogP contribution in [0.3, 0.4) is 0 Å². The minimum absolute atomic E-state index is 0.0941. The first-order valence-electron chi connectivity index (χ1n) is 9.96. The van der Waals surface area contributed by atoms with Crippen molar-refractivity contribution in [2.45, 2.75) is 76.7 Å². The van der Waals surface area contributed by atoms with Crippen molar-refractivity contribution in [3.05, 3.63) is 34.9 Å². The molecule has 2 rings (SSSR count). The average Bonchev–Trinajstić information content (AvgIpc) is 2.94. The number of anilines is 1. The summed E-state index contributed by atoms with van der Waals surface area (Å²) in [5.41, 5.74) is 5.19. The van der Waals surface area contributed by atoms with Crippen molar-refractivity contribution in [3.8, 4) is 0 Å². The molecule has 0 aromatic carbocycles. The van der Waals surface area contributed by atoms with Crippen LogP contribution in [-0.4, -0.2) is 39.4 Å². The van der Waals surface area contributed by atoms with Gasteiger partial charge < -0.3 is 20.3 Å². The summed E-state index contributed by atoms with van der Waals surface area (Å²) < 4.78 is 12.1. The van der Waals surface area contributed by atoms with Crippen LogP contribution in [0.5, 0.6) is 0 Å². The number of ether oxygens (including phenoxy) is 2. The van der Waals surface area contributed by atoms with Crippen LogP contribution in [0, 0.1) is 0 Å². The zero-order valence-corrected chi connectivity index (χ0v) is 16.5. The molecule has 1 aromatic heterocycles. The second kappa shape index (κ2) is 11.0. The van der Waals surface area contributed by atoms with Crippen LogP contribution in [0.2, 0.25) is 0 Å². The molecule has 1 aliphatic rings. The van der Waals surface area contributed by atoms with Gasteiger partial charge in [0.1, 0.15) is 24.6 Å². The quantitative estimate of drug-likeness (QED) is 0.337. The zero-order valence-electron chi connectivity index (χ0n) is 16.5. The Hall–Kier alpha value is -2.19. The van der Waals surface area contributed by atoms with Gasteiger partial charge in [0, 0.05) is 18.2 Å². The molecule has 1 fully saturated rings. The molecule has 1 aliphatic heterocycles. The van der Waals surface area contributed by atoms with Crippen LogP contribution in [0.15, 0.2) is 29.2 Å². The van der Waals surface area contributed by atoms with Crippen molar-refractivity contribution < 1.29 is 19.4 Å². The number of unbranched alkanes of at least 4 members (excludes halogenated alkanes) is 6. The van der Waals surface area contributed by atoms with Crippen LogP contribution in [-0.2, 0) is 14.3 Å². The van der Waals surface area contributed by atoms with Gasteiger partial charge in [0.2, 0.25) is 0 Å². The molecule has 156 valence electrons. The van der Waals surface area contributed by atoms with Gasteiger partial charge in [-0.2, -0.15) is 4.98 Å². The number of aliphatic hydroxyl groups is 1.